The maximum absolute atomic E-state index is 12.0. The number of carbonyl (C=O) groups is 2. The van der Waals surface area contributed by atoms with Crippen molar-refractivity contribution in [3.05, 3.63) is 71.3 Å². The second-order valence-electron chi connectivity index (χ2n) is 6.52. The van der Waals surface area contributed by atoms with E-state index in [9.17, 15) is 9.59 Å². The van der Waals surface area contributed by atoms with Crippen molar-refractivity contribution in [2.24, 2.45) is 0 Å². The van der Waals surface area contributed by atoms with E-state index in [2.05, 4.69) is 43.4 Å². The Labute approximate surface area is 156 Å². The van der Waals surface area contributed by atoms with E-state index in [1.165, 1.54) is 5.56 Å². The van der Waals surface area contributed by atoms with Gasteiger partial charge in [0.25, 0.3) is 0 Å². The van der Waals surface area contributed by atoms with Gasteiger partial charge >= 0.3 is 0 Å². The molecule has 0 aliphatic heterocycles. The summed E-state index contributed by atoms with van der Waals surface area (Å²) in [5, 5.41) is 2.89. The molecule has 0 spiro atoms. The Bertz CT molecular complexity index is 692. The lowest BCUT2D eigenvalue weighted by atomic mass is 10.1. The average molecular weight is 353 g/mol. The molecule has 0 unspecified atom stereocenters. The summed E-state index contributed by atoms with van der Waals surface area (Å²) in [6.45, 7) is 8.17. The normalized spacial score (nSPS) is 10.7. The zero-order valence-corrected chi connectivity index (χ0v) is 15.8. The van der Waals surface area contributed by atoms with E-state index in [-0.39, 0.29) is 24.5 Å². The van der Waals surface area contributed by atoms with Gasteiger partial charge in [0.15, 0.2) is 5.78 Å². The first kappa shape index (κ1) is 19.9. The third-order valence-electron chi connectivity index (χ3n) is 4.64. The van der Waals surface area contributed by atoms with Gasteiger partial charge in [-0.3, -0.25) is 9.59 Å². The van der Waals surface area contributed by atoms with Gasteiger partial charge in [0.05, 0.1) is 13.1 Å². The van der Waals surface area contributed by atoms with Gasteiger partial charge in [0.2, 0.25) is 5.91 Å². The van der Waals surface area contributed by atoms with Crippen LogP contribution in [0.1, 0.15) is 48.2 Å². The molecule has 0 saturated carbocycles. The summed E-state index contributed by atoms with van der Waals surface area (Å²) in [5.74, 6) is -0.0880. The molecule has 0 saturated heterocycles. The highest BCUT2D eigenvalue weighted by molar-refractivity contribution is 5.97. The molecule has 1 amide bonds. The highest BCUT2D eigenvalue weighted by atomic mass is 16.2. The fourth-order valence-electron chi connectivity index (χ4n) is 2.85. The molecule has 0 radical (unpaired) electrons. The number of Topliss-reactive ketones (excluding diaryl/α,β-unsaturated/α-hetero) is 1. The molecule has 2 aromatic rings. The van der Waals surface area contributed by atoms with Gasteiger partial charge in [-0.15, -0.1) is 0 Å². The quantitative estimate of drug-likeness (QED) is 0.645. The van der Waals surface area contributed by atoms with Crippen molar-refractivity contribution in [2.75, 3.05) is 13.1 Å². The second-order valence-corrected chi connectivity index (χ2v) is 6.52. The van der Waals surface area contributed by atoms with Crippen LogP contribution < -0.4 is 10.2 Å². The van der Waals surface area contributed by atoms with Crippen LogP contribution in [-0.4, -0.2) is 24.8 Å². The molecule has 4 heteroatoms. The molecular formula is C22H29N2O2+. The van der Waals surface area contributed by atoms with Crippen molar-refractivity contribution < 1.29 is 14.5 Å². The van der Waals surface area contributed by atoms with Gasteiger partial charge in [-0.1, -0.05) is 54.6 Å². The van der Waals surface area contributed by atoms with Crippen molar-refractivity contribution >= 4 is 11.7 Å². The van der Waals surface area contributed by atoms with Crippen LogP contribution in [0.3, 0.4) is 0 Å². The van der Waals surface area contributed by atoms with Gasteiger partial charge in [0, 0.05) is 30.5 Å². The van der Waals surface area contributed by atoms with Gasteiger partial charge in [-0.05, 0) is 19.4 Å². The molecule has 0 heterocycles. The van der Waals surface area contributed by atoms with Crippen LogP contribution in [0.25, 0.3) is 0 Å². The standard InChI is InChI=1S/C22H28N2O2/c1-3-24(4-2)17-19-12-10-18(11-13-19)16-23-22(26)15-14-21(25)20-8-6-5-7-9-20/h5-13H,3-4,14-17H2,1-2H3,(H,23,26)/p+1. The Balaban J connectivity index is 1.74. The van der Waals surface area contributed by atoms with Crippen LogP contribution in [0.2, 0.25) is 0 Å². The van der Waals surface area contributed by atoms with Crippen LogP contribution in [0.5, 0.6) is 0 Å². The van der Waals surface area contributed by atoms with E-state index in [0.717, 1.165) is 25.2 Å². The number of quaternary nitrogens is 1. The van der Waals surface area contributed by atoms with Crippen LogP contribution >= 0.6 is 0 Å². The van der Waals surface area contributed by atoms with E-state index in [0.29, 0.717) is 12.1 Å². The smallest absolute Gasteiger partial charge is 0.220 e. The summed E-state index contributed by atoms with van der Waals surface area (Å²) in [4.78, 5) is 25.5. The summed E-state index contributed by atoms with van der Waals surface area (Å²) in [6, 6.07) is 17.5. The number of benzene rings is 2. The Morgan fingerprint density at radius 1 is 0.846 bits per heavy atom. The molecule has 2 N–H and O–H groups in total. The number of amides is 1. The van der Waals surface area contributed by atoms with Gasteiger partial charge in [-0.2, -0.15) is 0 Å². The van der Waals surface area contributed by atoms with Crippen molar-refractivity contribution in [1.29, 1.82) is 0 Å². The van der Waals surface area contributed by atoms with Crippen LogP contribution in [0.15, 0.2) is 54.6 Å². The van der Waals surface area contributed by atoms with E-state index in [1.807, 2.05) is 18.2 Å². The zero-order valence-electron chi connectivity index (χ0n) is 15.8. The summed E-state index contributed by atoms with van der Waals surface area (Å²) in [5.41, 5.74) is 3.05. The van der Waals surface area contributed by atoms with Gasteiger partial charge in [0.1, 0.15) is 6.54 Å². The molecule has 2 rings (SSSR count). The fraction of sp³-hybridized carbons (Fsp3) is 0.364. The van der Waals surface area contributed by atoms with Crippen molar-refractivity contribution in [3.63, 3.8) is 0 Å². The topological polar surface area (TPSA) is 50.6 Å². The third kappa shape index (κ3) is 6.45. The minimum absolute atomic E-state index is 0.00371. The van der Waals surface area contributed by atoms with Gasteiger partial charge in [-0.25, -0.2) is 0 Å². The minimum atomic E-state index is -0.0917. The Morgan fingerprint density at radius 2 is 1.46 bits per heavy atom. The predicted molar refractivity (Wildman–Crippen MR) is 104 cm³/mol. The van der Waals surface area contributed by atoms with Gasteiger partial charge < -0.3 is 10.2 Å². The SMILES string of the molecule is CC[NH+](CC)Cc1ccc(CNC(=O)CCC(=O)c2ccccc2)cc1. The molecule has 0 aliphatic rings. The van der Waals surface area contributed by atoms with Crippen molar-refractivity contribution in [3.8, 4) is 0 Å². The molecule has 0 aromatic heterocycles. The number of rotatable bonds is 10. The number of hydrogen-bond donors (Lipinski definition) is 2. The molecule has 26 heavy (non-hydrogen) atoms. The molecule has 2 aromatic carbocycles. The Morgan fingerprint density at radius 3 is 2.08 bits per heavy atom. The lowest BCUT2D eigenvalue weighted by molar-refractivity contribution is -0.910. The summed E-state index contributed by atoms with van der Waals surface area (Å²) in [6.07, 6.45) is 0.457. The van der Waals surface area contributed by atoms with E-state index >= 15 is 0 Å². The molecule has 138 valence electrons. The van der Waals surface area contributed by atoms with E-state index in [1.54, 1.807) is 17.0 Å². The highest BCUT2D eigenvalue weighted by Gasteiger charge is 2.09. The lowest BCUT2D eigenvalue weighted by Crippen LogP contribution is -3.10. The Hall–Kier alpha value is -2.46. The number of carbonyl (C=O) groups excluding carboxylic acids is 2. The van der Waals surface area contributed by atoms with Crippen molar-refractivity contribution in [2.45, 2.75) is 39.8 Å². The minimum Gasteiger partial charge on any atom is -0.352 e. The van der Waals surface area contributed by atoms with Crippen molar-refractivity contribution in [1.82, 2.24) is 5.32 Å². The number of ketones is 1. The summed E-state index contributed by atoms with van der Waals surface area (Å²) >= 11 is 0. The predicted octanol–water partition coefficient (Wildman–Crippen LogP) is 2.39. The second kappa shape index (κ2) is 10.5. The average Bonchev–Trinajstić information content (AvgIpc) is 2.70. The van der Waals surface area contributed by atoms with Crippen LogP contribution in [-0.2, 0) is 17.9 Å². The first-order valence-electron chi connectivity index (χ1n) is 9.38. The first-order valence-corrected chi connectivity index (χ1v) is 9.38. The fourth-order valence-corrected chi connectivity index (χ4v) is 2.85. The molecule has 0 fully saturated rings. The molecule has 4 nitrogen and oxygen atoms in total. The number of nitrogens with one attached hydrogen (secondary N) is 2. The van der Waals surface area contributed by atoms with E-state index in [4.69, 9.17) is 0 Å². The monoisotopic (exact) mass is 353 g/mol. The Kier molecular flexibility index (Phi) is 8.03. The summed E-state index contributed by atoms with van der Waals surface area (Å²) in [7, 11) is 0. The molecule has 0 aliphatic carbocycles. The summed E-state index contributed by atoms with van der Waals surface area (Å²) < 4.78 is 0. The van der Waals surface area contributed by atoms with Crippen LogP contribution in [0, 0.1) is 0 Å². The molecular weight excluding hydrogens is 324 g/mol. The lowest BCUT2D eigenvalue weighted by Gasteiger charge is -2.15. The maximum Gasteiger partial charge on any atom is 0.220 e. The zero-order chi connectivity index (χ0) is 18.8. The first-order chi connectivity index (χ1) is 12.6. The largest absolute Gasteiger partial charge is 0.352 e. The third-order valence-corrected chi connectivity index (χ3v) is 4.64. The molecule has 0 bridgehead atoms. The molecule has 0 atom stereocenters. The number of hydrogen-bond acceptors (Lipinski definition) is 2. The van der Waals surface area contributed by atoms with E-state index < -0.39 is 0 Å². The maximum atomic E-state index is 12.0. The van der Waals surface area contributed by atoms with Crippen LogP contribution in [0.4, 0.5) is 0 Å². The highest BCUT2D eigenvalue weighted by Crippen LogP contribution is 2.06.